The highest BCUT2D eigenvalue weighted by Crippen LogP contribution is 2.31. The van der Waals surface area contributed by atoms with Gasteiger partial charge in [-0.05, 0) is 12.8 Å². The fourth-order valence-corrected chi connectivity index (χ4v) is 4.10. The summed E-state index contributed by atoms with van der Waals surface area (Å²) in [5.74, 6) is 0.482. The van der Waals surface area contributed by atoms with Gasteiger partial charge in [0.2, 0.25) is 5.91 Å². The van der Waals surface area contributed by atoms with Crippen LogP contribution in [0.3, 0.4) is 0 Å². The molecule has 0 aliphatic heterocycles. The second-order valence-corrected chi connectivity index (χ2v) is 7.69. The van der Waals surface area contributed by atoms with Crippen molar-refractivity contribution in [3.8, 4) is 0 Å². The molecule has 0 bridgehead atoms. The van der Waals surface area contributed by atoms with Crippen LogP contribution in [-0.2, 0) is 4.79 Å². The summed E-state index contributed by atoms with van der Waals surface area (Å²) in [5, 5.41) is 11.6. The normalized spacial score (nSPS) is 12.4. The van der Waals surface area contributed by atoms with Crippen LogP contribution in [0.25, 0.3) is 0 Å². The molecule has 1 atom stereocenters. The molecule has 0 aromatic carbocycles. The Morgan fingerprint density at radius 1 is 1.39 bits per heavy atom. The van der Waals surface area contributed by atoms with E-state index in [1.165, 1.54) is 11.8 Å². The van der Waals surface area contributed by atoms with Gasteiger partial charge in [-0.3, -0.25) is 4.79 Å². The standard InChI is InChI=1S/C11H19N3OS3/c1-4-6-12-9(15)7-16-10-13-14-11(18-10)17-8(3)5-2/h8H,4-7H2,1-3H3,(H,12,15). The number of carbonyl (C=O) groups is 1. The highest BCUT2D eigenvalue weighted by atomic mass is 32.2. The van der Waals surface area contributed by atoms with Gasteiger partial charge in [0, 0.05) is 11.8 Å². The van der Waals surface area contributed by atoms with Gasteiger partial charge in [-0.15, -0.1) is 10.2 Å². The Morgan fingerprint density at radius 2 is 2.11 bits per heavy atom. The zero-order valence-corrected chi connectivity index (χ0v) is 13.4. The number of nitrogens with zero attached hydrogens (tertiary/aromatic N) is 2. The van der Waals surface area contributed by atoms with Crippen molar-refractivity contribution in [3.05, 3.63) is 0 Å². The van der Waals surface area contributed by atoms with Gasteiger partial charge in [-0.1, -0.05) is 55.6 Å². The van der Waals surface area contributed by atoms with Crippen molar-refractivity contribution >= 4 is 40.8 Å². The number of nitrogens with one attached hydrogen (secondary N) is 1. The summed E-state index contributed by atoms with van der Waals surface area (Å²) in [6.45, 7) is 7.12. The van der Waals surface area contributed by atoms with E-state index in [0.717, 1.165) is 28.1 Å². The first kappa shape index (κ1) is 15.8. The monoisotopic (exact) mass is 305 g/mol. The number of hydrogen-bond acceptors (Lipinski definition) is 6. The van der Waals surface area contributed by atoms with Gasteiger partial charge in [0.05, 0.1) is 5.75 Å². The Hall–Kier alpha value is -0.270. The third-order valence-electron chi connectivity index (χ3n) is 2.16. The van der Waals surface area contributed by atoms with Crippen LogP contribution in [0.1, 0.15) is 33.6 Å². The largest absolute Gasteiger partial charge is 0.355 e. The van der Waals surface area contributed by atoms with Gasteiger partial charge >= 0.3 is 0 Å². The molecule has 1 rings (SSSR count). The minimum atomic E-state index is 0.0631. The van der Waals surface area contributed by atoms with Gasteiger partial charge in [-0.25, -0.2) is 0 Å². The van der Waals surface area contributed by atoms with E-state index in [-0.39, 0.29) is 5.91 Å². The van der Waals surface area contributed by atoms with Crippen molar-refractivity contribution in [2.24, 2.45) is 0 Å². The molecule has 1 N–H and O–H groups in total. The van der Waals surface area contributed by atoms with E-state index in [1.54, 1.807) is 23.1 Å². The molecule has 7 heteroatoms. The smallest absolute Gasteiger partial charge is 0.230 e. The zero-order chi connectivity index (χ0) is 13.4. The lowest BCUT2D eigenvalue weighted by Crippen LogP contribution is -2.25. The van der Waals surface area contributed by atoms with E-state index < -0.39 is 0 Å². The first-order valence-corrected chi connectivity index (χ1v) is 8.73. The first-order chi connectivity index (χ1) is 8.65. The average molecular weight is 305 g/mol. The van der Waals surface area contributed by atoms with Crippen molar-refractivity contribution < 1.29 is 4.79 Å². The van der Waals surface area contributed by atoms with Crippen LogP contribution in [0.5, 0.6) is 0 Å². The zero-order valence-electron chi connectivity index (χ0n) is 10.9. The van der Waals surface area contributed by atoms with Gasteiger partial charge < -0.3 is 5.32 Å². The van der Waals surface area contributed by atoms with E-state index in [4.69, 9.17) is 0 Å². The number of hydrogen-bond donors (Lipinski definition) is 1. The molecule has 18 heavy (non-hydrogen) atoms. The third kappa shape index (κ3) is 6.06. The van der Waals surface area contributed by atoms with Gasteiger partial charge in [0.25, 0.3) is 0 Å². The number of thioether (sulfide) groups is 2. The van der Waals surface area contributed by atoms with Crippen LogP contribution in [0.15, 0.2) is 8.68 Å². The number of aromatic nitrogens is 2. The lowest BCUT2D eigenvalue weighted by atomic mass is 10.4. The molecule has 0 radical (unpaired) electrons. The lowest BCUT2D eigenvalue weighted by molar-refractivity contribution is -0.118. The summed E-state index contributed by atoms with van der Waals surface area (Å²) < 4.78 is 1.85. The predicted molar refractivity (Wildman–Crippen MR) is 79.5 cm³/mol. The fraction of sp³-hybridized carbons (Fsp3) is 0.727. The van der Waals surface area contributed by atoms with Gasteiger partial charge in [0.1, 0.15) is 0 Å². The molecular formula is C11H19N3OS3. The molecule has 1 heterocycles. The summed E-state index contributed by atoms with van der Waals surface area (Å²) in [4.78, 5) is 11.4. The van der Waals surface area contributed by atoms with Crippen molar-refractivity contribution in [2.75, 3.05) is 12.3 Å². The third-order valence-corrected chi connectivity index (χ3v) is 5.57. The summed E-state index contributed by atoms with van der Waals surface area (Å²) in [6, 6.07) is 0. The summed E-state index contributed by atoms with van der Waals surface area (Å²) >= 11 is 4.76. The van der Waals surface area contributed by atoms with Crippen molar-refractivity contribution in [3.63, 3.8) is 0 Å². The maximum atomic E-state index is 11.4. The van der Waals surface area contributed by atoms with Crippen LogP contribution in [-0.4, -0.2) is 33.7 Å². The van der Waals surface area contributed by atoms with E-state index in [0.29, 0.717) is 11.0 Å². The minimum Gasteiger partial charge on any atom is -0.355 e. The molecular weight excluding hydrogens is 286 g/mol. The minimum absolute atomic E-state index is 0.0631. The Bertz CT molecular complexity index is 370. The molecule has 4 nitrogen and oxygen atoms in total. The summed E-state index contributed by atoms with van der Waals surface area (Å²) in [7, 11) is 0. The average Bonchev–Trinajstić information content (AvgIpc) is 2.81. The highest BCUT2D eigenvalue weighted by Gasteiger charge is 2.10. The quantitative estimate of drug-likeness (QED) is 0.748. The molecule has 1 aromatic heterocycles. The fourth-order valence-electron chi connectivity index (χ4n) is 1.00. The molecule has 0 saturated heterocycles. The number of amides is 1. The van der Waals surface area contributed by atoms with E-state index in [1.807, 2.05) is 6.92 Å². The van der Waals surface area contributed by atoms with Crippen LogP contribution >= 0.6 is 34.9 Å². The Labute approximate surface area is 121 Å². The highest BCUT2D eigenvalue weighted by molar-refractivity contribution is 8.03. The van der Waals surface area contributed by atoms with Crippen molar-refractivity contribution in [1.29, 1.82) is 0 Å². The maximum absolute atomic E-state index is 11.4. The van der Waals surface area contributed by atoms with Gasteiger partial charge in [0.15, 0.2) is 8.68 Å². The Balaban J connectivity index is 2.33. The Kier molecular flexibility index (Phi) is 7.69. The Morgan fingerprint density at radius 3 is 2.78 bits per heavy atom. The molecule has 0 fully saturated rings. The second kappa shape index (κ2) is 8.77. The molecule has 1 aromatic rings. The molecule has 0 aliphatic carbocycles. The molecule has 1 amide bonds. The number of carbonyl (C=O) groups excluding carboxylic acids is 1. The first-order valence-electron chi connectivity index (χ1n) is 6.05. The number of rotatable bonds is 8. The molecule has 0 aliphatic rings. The predicted octanol–water partition coefficient (Wildman–Crippen LogP) is 3.05. The topological polar surface area (TPSA) is 54.9 Å². The summed E-state index contributed by atoms with van der Waals surface area (Å²) in [6.07, 6.45) is 2.08. The molecule has 1 unspecified atom stereocenters. The second-order valence-electron chi connectivity index (χ2n) is 3.81. The molecule has 0 saturated carbocycles. The van der Waals surface area contributed by atoms with Crippen LogP contribution in [0, 0.1) is 0 Å². The van der Waals surface area contributed by atoms with Crippen LogP contribution in [0.4, 0.5) is 0 Å². The van der Waals surface area contributed by atoms with Crippen molar-refractivity contribution in [2.45, 2.75) is 47.5 Å². The summed E-state index contributed by atoms with van der Waals surface area (Å²) in [5.41, 5.74) is 0. The van der Waals surface area contributed by atoms with Crippen molar-refractivity contribution in [1.82, 2.24) is 15.5 Å². The van der Waals surface area contributed by atoms with E-state index in [9.17, 15) is 4.79 Å². The van der Waals surface area contributed by atoms with Crippen LogP contribution < -0.4 is 5.32 Å². The van der Waals surface area contributed by atoms with E-state index in [2.05, 4.69) is 29.4 Å². The van der Waals surface area contributed by atoms with E-state index >= 15 is 0 Å². The lowest BCUT2D eigenvalue weighted by Gasteiger charge is -2.02. The van der Waals surface area contributed by atoms with Gasteiger partial charge in [-0.2, -0.15) is 0 Å². The SMILES string of the molecule is CCCNC(=O)CSc1nnc(SC(C)CC)s1. The maximum Gasteiger partial charge on any atom is 0.230 e. The molecule has 0 spiro atoms. The van der Waals surface area contributed by atoms with Crippen LogP contribution in [0.2, 0.25) is 0 Å². The molecule has 102 valence electrons.